The summed E-state index contributed by atoms with van der Waals surface area (Å²) < 4.78 is 11.3. The van der Waals surface area contributed by atoms with Crippen LogP contribution in [0.25, 0.3) is 114 Å². The summed E-state index contributed by atoms with van der Waals surface area (Å²) >= 11 is 1.87. The molecule has 266 valence electrons. The lowest BCUT2D eigenvalue weighted by Gasteiger charge is -2.12. The number of aromatic nitrogens is 2. The van der Waals surface area contributed by atoms with Crippen molar-refractivity contribution >= 4 is 75.3 Å². The van der Waals surface area contributed by atoms with Crippen molar-refractivity contribution in [3.05, 3.63) is 194 Å². The standard InChI is InChI=1S/C53H32N2OS/c1-3-13-33(14-4-1)34-15-11-16-35(29-34)37-30-45(36-25-26-40-39-19-8-10-24-49(39)56-50(40)32-36)54-46(31-37)43-22-12-21-41-42-27-28-48-51(53(42)57-52(41)43)44-20-7-9-23-47(44)55(48)38-17-5-2-6-18-38/h1-32H. The number of fused-ring (bicyclic) bond motifs is 10. The molecule has 4 heterocycles. The Balaban J connectivity index is 1.10. The summed E-state index contributed by atoms with van der Waals surface area (Å²) in [5.74, 6) is 0. The van der Waals surface area contributed by atoms with Crippen molar-refractivity contribution in [3.8, 4) is 50.5 Å². The molecule has 4 aromatic heterocycles. The molecule has 0 saturated heterocycles. The van der Waals surface area contributed by atoms with Gasteiger partial charge >= 0.3 is 0 Å². The molecule has 0 amide bonds. The van der Waals surface area contributed by atoms with Crippen LogP contribution in [0.2, 0.25) is 0 Å². The van der Waals surface area contributed by atoms with Crippen LogP contribution in [0.1, 0.15) is 0 Å². The van der Waals surface area contributed by atoms with Crippen molar-refractivity contribution in [1.29, 1.82) is 0 Å². The minimum absolute atomic E-state index is 0.860. The van der Waals surface area contributed by atoms with Gasteiger partial charge in [-0.3, -0.25) is 0 Å². The lowest BCUT2D eigenvalue weighted by Crippen LogP contribution is -1.92. The Morgan fingerprint density at radius 3 is 1.91 bits per heavy atom. The lowest BCUT2D eigenvalue weighted by atomic mass is 9.96. The first-order valence-corrected chi connectivity index (χ1v) is 20.1. The number of benzene rings is 8. The zero-order valence-corrected chi connectivity index (χ0v) is 31.5. The van der Waals surface area contributed by atoms with Gasteiger partial charge in [0, 0.05) is 58.5 Å². The summed E-state index contributed by atoms with van der Waals surface area (Å²) in [6.45, 7) is 0. The van der Waals surface area contributed by atoms with Crippen LogP contribution < -0.4 is 0 Å². The molecule has 8 aromatic carbocycles. The monoisotopic (exact) mass is 744 g/mol. The molecule has 0 spiro atoms. The molecule has 12 aromatic rings. The van der Waals surface area contributed by atoms with Gasteiger partial charge < -0.3 is 8.98 Å². The van der Waals surface area contributed by atoms with Crippen molar-refractivity contribution in [2.24, 2.45) is 0 Å². The van der Waals surface area contributed by atoms with Crippen molar-refractivity contribution in [1.82, 2.24) is 9.55 Å². The molecule has 0 bridgehead atoms. The zero-order valence-electron chi connectivity index (χ0n) is 30.7. The molecule has 0 N–H and O–H groups in total. The normalized spacial score (nSPS) is 11.9. The Kier molecular flexibility index (Phi) is 7.10. The third kappa shape index (κ3) is 5.08. The lowest BCUT2D eigenvalue weighted by molar-refractivity contribution is 0.669. The largest absolute Gasteiger partial charge is 0.456 e. The van der Waals surface area contributed by atoms with Crippen LogP contribution >= 0.6 is 11.3 Å². The molecule has 12 rings (SSSR count). The van der Waals surface area contributed by atoms with E-state index >= 15 is 0 Å². The molecular weight excluding hydrogens is 713 g/mol. The molecular formula is C53H32N2OS. The SMILES string of the molecule is c1ccc(-c2cccc(-c3cc(-c4ccc5c(c4)oc4ccccc45)nc(-c4cccc5c4sc4c5ccc5c4c4ccccc4n5-c4ccccc4)c3)c2)cc1. The van der Waals surface area contributed by atoms with Gasteiger partial charge in [-0.25, -0.2) is 4.98 Å². The molecule has 4 heteroatoms. The quantitative estimate of drug-likeness (QED) is 0.176. The van der Waals surface area contributed by atoms with Gasteiger partial charge in [0.05, 0.1) is 22.4 Å². The van der Waals surface area contributed by atoms with Crippen molar-refractivity contribution < 1.29 is 4.42 Å². The molecule has 0 atom stereocenters. The Labute approximate surface area is 332 Å². The van der Waals surface area contributed by atoms with Gasteiger partial charge in [0.15, 0.2) is 0 Å². The molecule has 0 unspecified atom stereocenters. The van der Waals surface area contributed by atoms with Gasteiger partial charge in [-0.1, -0.05) is 133 Å². The van der Waals surface area contributed by atoms with Gasteiger partial charge in [-0.15, -0.1) is 11.3 Å². The molecule has 0 aliphatic carbocycles. The number of thiophene rings is 1. The van der Waals surface area contributed by atoms with Crippen molar-refractivity contribution in [2.75, 3.05) is 0 Å². The van der Waals surface area contributed by atoms with E-state index in [4.69, 9.17) is 9.40 Å². The average Bonchev–Trinajstić information content (AvgIpc) is 3.96. The number of hydrogen-bond acceptors (Lipinski definition) is 3. The smallest absolute Gasteiger partial charge is 0.136 e. The highest BCUT2D eigenvalue weighted by atomic mass is 32.1. The first kappa shape index (κ1) is 32.0. The third-order valence-corrected chi connectivity index (χ3v) is 12.7. The summed E-state index contributed by atoms with van der Waals surface area (Å²) in [6, 6.07) is 69.4. The highest BCUT2D eigenvalue weighted by Crippen LogP contribution is 2.46. The summed E-state index contributed by atoms with van der Waals surface area (Å²) in [5, 5.41) is 7.29. The Morgan fingerprint density at radius 1 is 0.386 bits per heavy atom. The molecule has 0 aliphatic rings. The molecule has 0 aliphatic heterocycles. The summed E-state index contributed by atoms with van der Waals surface area (Å²) in [4.78, 5) is 5.48. The highest BCUT2D eigenvalue weighted by Gasteiger charge is 2.20. The first-order valence-electron chi connectivity index (χ1n) is 19.3. The topological polar surface area (TPSA) is 31.0 Å². The minimum Gasteiger partial charge on any atom is -0.456 e. The number of hydrogen-bond donors (Lipinski definition) is 0. The van der Waals surface area contributed by atoms with Crippen LogP contribution in [0.3, 0.4) is 0 Å². The fourth-order valence-electron chi connectivity index (χ4n) is 8.74. The summed E-state index contributed by atoms with van der Waals surface area (Å²) in [5.41, 5.74) is 14.0. The van der Waals surface area contributed by atoms with E-state index in [2.05, 4.69) is 187 Å². The maximum atomic E-state index is 6.37. The Bertz CT molecular complexity index is 3520. The van der Waals surface area contributed by atoms with Crippen molar-refractivity contribution in [2.45, 2.75) is 0 Å². The highest BCUT2D eigenvalue weighted by molar-refractivity contribution is 7.27. The number of pyridine rings is 1. The van der Waals surface area contributed by atoms with E-state index in [1.807, 2.05) is 23.5 Å². The van der Waals surface area contributed by atoms with Crippen LogP contribution in [-0.4, -0.2) is 9.55 Å². The van der Waals surface area contributed by atoms with Gasteiger partial charge in [-0.05, 0) is 82.9 Å². The van der Waals surface area contributed by atoms with E-state index in [-0.39, 0.29) is 0 Å². The second kappa shape index (κ2) is 12.6. The number of nitrogens with zero attached hydrogens (tertiary/aromatic N) is 2. The fraction of sp³-hybridized carbons (Fsp3) is 0. The van der Waals surface area contributed by atoms with Gasteiger partial charge in [0.25, 0.3) is 0 Å². The minimum atomic E-state index is 0.860. The van der Waals surface area contributed by atoms with Crippen LogP contribution in [-0.2, 0) is 0 Å². The van der Waals surface area contributed by atoms with Gasteiger partial charge in [0.1, 0.15) is 11.2 Å². The number of furan rings is 1. The summed E-state index contributed by atoms with van der Waals surface area (Å²) in [7, 11) is 0. The van der Waals surface area contributed by atoms with Crippen LogP contribution in [0.4, 0.5) is 0 Å². The van der Waals surface area contributed by atoms with E-state index < -0.39 is 0 Å². The number of rotatable bonds is 5. The van der Waals surface area contributed by atoms with Gasteiger partial charge in [0.2, 0.25) is 0 Å². The van der Waals surface area contributed by atoms with E-state index in [0.29, 0.717) is 0 Å². The van der Waals surface area contributed by atoms with E-state index in [0.717, 1.165) is 61.3 Å². The fourth-order valence-corrected chi connectivity index (χ4v) is 10.1. The maximum absolute atomic E-state index is 6.37. The molecule has 0 radical (unpaired) electrons. The second-order valence-corrected chi connectivity index (χ2v) is 15.7. The maximum Gasteiger partial charge on any atom is 0.136 e. The average molecular weight is 745 g/mol. The van der Waals surface area contributed by atoms with E-state index in [1.54, 1.807) is 0 Å². The van der Waals surface area contributed by atoms with E-state index in [1.165, 1.54) is 53.1 Å². The van der Waals surface area contributed by atoms with Gasteiger partial charge in [-0.2, -0.15) is 0 Å². The zero-order chi connectivity index (χ0) is 37.5. The Morgan fingerprint density at radius 2 is 1.04 bits per heavy atom. The predicted molar refractivity (Wildman–Crippen MR) is 240 cm³/mol. The molecule has 3 nitrogen and oxygen atoms in total. The van der Waals surface area contributed by atoms with E-state index in [9.17, 15) is 0 Å². The molecule has 57 heavy (non-hydrogen) atoms. The van der Waals surface area contributed by atoms with Crippen LogP contribution in [0.15, 0.2) is 199 Å². The molecule has 0 saturated carbocycles. The summed E-state index contributed by atoms with van der Waals surface area (Å²) in [6.07, 6.45) is 0. The third-order valence-electron chi connectivity index (χ3n) is 11.4. The predicted octanol–water partition coefficient (Wildman–Crippen LogP) is 15.1. The molecule has 0 fully saturated rings. The van der Waals surface area contributed by atoms with Crippen LogP contribution in [0, 0.1) is 0 Å². The van der Waals surface area contributed by atoms with Crippen molar-refractivity contribution in [3.63, 3.8) is 0 Å². The first-order chi connectivity index (χ1) is 28.2. The number of para-hydroxylation sites is 3. The van der Waals surface area contributed by atoms with Crippen LogP contribution in [0.5, 0.6) is 0 Å². The Hall–Kier alpha value is -7.27. The second-order valence-electron chi connectivity index (χ2n) is 14.7.